The number of piperazine rings is 1. The van der Waals surface area contributed by atoms with Crippen LogP contribution in [0.5, 0.6) is 5.75 Å². The first kappa shape index (κ1) is 22.7. The second-order valence-corrected chi connectivity index (χ2v) is 8.00. The summed E-state index contributed by atoms with van der Waals surface area (Å²) in [4.78, 5) is 13.4. The van der Waals surface area contributed by atoms with Crippen molar-refractivity contribution in [1.82, 2.24) is 9.88 Å². The van der Waals surface area contributed by atoms with E-state index >= 15 is 0 Å². The molecule has 1 fully saturated rings. The molecule has 2 aromatic rings. The van der Waals surface area contributed by atoms with Crippen LogP contribution in [0, 0.1) is 5.92 Å². The van der Waals surface area contributed by atoms with Crippen molar-refractivity contribution in [1.29, 1.82) is 0 Å². The van der Waals surface area contributed by atoms with E-state index in [1.54, 1.807) is 11.3 Å². The third kappa shape index (κ3) is 6.80. The molecule has 1 aromatic carbocycles. The van der Waals surface area contributed by atoms with Gasteiger partial charge >= 0.3 is 0 Å². The molecule has 6 nitrogen and oxygen atoms in total. The molecule has 0 atom stereocenters. The Labute approximate surface area is 188 Å². The highest BCUT2D eigenvalue weighted by Crippen LogP contribution is 2.18. The van der Waals surface area contributed by atoms with Gasteiger partial charge in [-0.2, -0.15) is 0 Å². The van der Waals surface area contributed by atoms with Gasteiger partial charge in [0.25, 0.3) is 0 Å². The van der Waals surface area contributed by atoms with Gasteiger partial charge < -0.3 is 20.3 Å². The number of benzene rings is 1. The molecule has 1 aliphatic rings. The van der Waals surface area contributed by atoms with Crippen LogP contribution in [0.1, 0.15) is 19.4 Å². The first-order valence-corrected chi connectivity index (χ1v) is 10.4. The van der Waals surface area contributed by atoms with Crippen LogP contribution in [-0.4, -0.2) is 55.2 Å². The molecule has 1 aromatic heterocycles. The molecule has 8 heteroatoms. The van der Waals surface area contributed by atoms with Crippen LogP contribution in [0.2, 0.25) is 0 Å². The van der Waals surface area contributed by atoms with Gasteiger partial charge in [0.15, 0.2) is 11.1 Å². The fourth-order valence-corrected chi connectivity index (χ4v) is 3.61. The van der Waals surface area contributed by atoms with Crippen LogP contribution in [-0.2, 0) is 6.42 Å². The largest absolute Gasteiger partial charge is 0.493 e. The first-order valence-electron chi connectivity index (χ1n) is 9.53. The summed E-state index contributed by atoms with van der Waals surface area (Å²) in [6, 6.07) is 8.27. The van der Waals surface area contributed by atoms with Gasteiger partial charge in [0, 0.05) is 44.3 Å². The topological polar surface area (TPSA) is 67.0 Å². The quantitative estimate of drug-likeness (QED) is 0.348. The van der Waals surface area contributed by atoms with E-state index < -0.39 is 0 Å². The highest BCUT2D eigenvalue weighted by Gasteiger charge is 2.19. The molecule has 28 heavy (non-hydrogen) atoms. The number of ether oxygens (including phenoxy) is 1. The van der Waals surface area contributed by atoms with Gasteiger partial charge in [-0.15, -0.1) is 35.3 Å². The normalized spacial score (nSPS) is 14.9. The zero-order chi connectivity index (χ0) is 19.1. The minimum Gasteiger partial charge on any atom is -0.493 e. The summed E-state index contributed by atoms with van der Waals surface area (Å²) in [5, 5.41) is 3.10. The number of halogens is 1. The second kappa shape index (κ2) is 11.5. The molecule has 1 saturated heterocycles. The predicted molar refractivity (Wildman–Crippen MR) is 128 cm³/mol. The van der Waals surface area contributed by atoms with Gasteiger partial charge in [-0.05, 0) is 30.0 Å². The summed E-state index contributed by atoms with van der Waals surface area (Å²) in [5.74, 6) is 2.10. The molecule has 0 unspecified atom stereocenters. The third-order valence-electron chi connectivity index (χ3n) is 4.47. The number of rotatable bonds is 7. The van der Waals surface area contributed by atoms with Gasteiger partial charge in [0.2, 0.25) is 0 Å². The lowest BCUT2D eigenvalue weighted by atomic mass is 10.1. The molecule has 0 aliphatic carbocycles. The van der Waals surface area contributed by atoms with Crippen LogP contribution >= 0.6 is 35.3 Å². The van der Waals surface area contributed by atoms with E-state index in [0.29, 0.717) is 18.4 Å². The average molecular weight is 515 g/mol. The van der Waals surface area contributed by atoms with Crippen molar-refractivity contribution in [3.8, 4) is 5.75 Å². The highest BCUT2D eigenvalue weighted by molar-refractivity contribution is 14.0. The number of nitrogens with zero attached hydrogens (tertiary/aromatic N) is 4. The number of aliphatic imine (C=N–C) groups is 1. The molecule has 0 bridgehead atoms. The Hall–Kier alpha value is -1.55. The number of anilines is 1. The van der Waals surface area contributed by atoms with Crippen molar-refractivity contribution < 1.29 is 4.74 Å². The van der Waals surface area contributed by atoms with E-state index in [9.17, 15) is 0 Å². The van der Waals surface area contributed by atoms with Crippen molar-refractivity contribution in [2.75, 3.05) is 44.2 Å². The Morgan fingerprint density at radius 1 is 1.21 bits per heavy atom. The Morgan fingerprint density at radius 3 is 2.54 bits per heavy atom. The van der Waals surface area contributed by atoms with Gasteiger partial charge in [-0.25, -0.2) is 4.98 Å². The van der Waals surface area contributed by atoms with Crippen molar-refractivity contribution in [2.24, 2.45) is 16.6 Å². The Balaban J connectivity index is 0.00000280. The van der Waals surface area contributed by atoms with E-state index in [1.165, 1.54) is 5.56 Å². The number of hydrogen-bond donors (Lipinski definition) is 1. The fourth-order valence-electron chi connectivity index (χ4n) is 2.91. The van der Waals surface area contributed by atoms with E-state index in [0.717, 1.165) is 50.1 Å². The van der Waals surface area contributed by atoms with Gasteiger partial charge in [0.1, 0.15) is 5.75 Å². The maximum absolute atomic E-state index is 6.19. The maximum atomic E-state index is 6.19. The number of guanidine groups is 1. The molecule has 0 amide bonds. The molecule has 0 spiro atoms. The van der Waals surface area contributed by atoms with Crippen molar-refractivity contribution in [3.63, 3.8) is 0 Å². The number of aromatic nitrogens is 1. The van der Waals surface area contributed by atoms with Crippen molar-refractivity contribution in [3.05, 3.63) is 41.4 Å². The summed E-state index contributed by atoms with van der Waals surface area (Å²) in [6.07, 6.45) is 2.73. The highest BCUT2D eigenvalue weighted by atomic mass is 127. The summed E-state index contributed by atoms with van der Waals surface area (Å²) in [5.41, 5.74) is 7.44. The second-order valence-electron chi connectivity index (χ2n) is 7.13. The Kier molecular flexibility index (Phi) is 9.30. The SMILES string of the molecule is CC(C)COc1ccc(CCN=C(N)N2CCN(c3nccs3)CC2)cc1.I. The number of thiazole rings is 1. The van der Waals surface area contributed by atoms with E-state index in [1.807, 2.05) is 23.7 Å². The maximum Gasteiger partial charge on any atom is 0.191 e. The van der Waals surface area contributed by atoms with Gasteiger partial charge in [-0.1, -0.05) is 26.0 Å². The van der Waals surface area contributed by atoms with Gasteiger partial charge in [-0.3, -0.25) is 4.99 Å². The van der Waals surface area contributed by atoms with Crippen molar-refractivity contribution in [2.45, 2.75) is 20.3 Å². The summed E-state index contributed by atoms with van der Waals surface area (Å²) in [7, 11) is 0. The number of hydrogen-bond acceptors (Lipinski definition) is 5. The minimum absolute atomic E-state index is 0. The summed E-state index contributed by atoms with van der Waals surface area (Å²) in [6.45, 7) is 9.38. The summed E-state index contributed by atoms with van der Waals surface area (Å²) >= 11 is 1.68. The van der Waals surface area contributed by atoms with E-state index in [-0.39, 0.29) is 24.0 Å². The van der Waals surface area contributed by atoms with E-state index in [2.05, 4.69) is 45.8 Å². The fraction of sp³-hybridized carbons (Fsp3) is 0.500. The van der Waals surface area contributed by atoms with Crippen molar-refractivity contribution >= 4 is 46.4 Å². The Morgan fingerprint density at radius 2 is 1.93 bits per heavy atom. The first-order chi connectivity index (χ1) is 13.1. The molecule has 2 heterocycles. The van der Waals surface area contributed by atoms with E-state index in [4.69, 9.17) is 10.5 Å². The van der Waals surface area contributed by atoms with Gasteiger partial charge in [0.05, 0.1) is 6.61 Å². The van der Waals surface area contributed by atoms with Crippen LogP contribution in [0.4, 0.5) is 5.13 Å². The molecule has 154 valence electrons. The predicted octanol–water partition coefficient (Wildman–Crippen LogP) is 3.48. The molecule has 2 N–H and O–H groups in total. The molecule has 0 saturated carbocycles. The molecule has 0 radical (unpaired) electrons. The zero-order valence-corrected chi connectivity index (χ0v) is 19.7. The standard InChI is InChI=1S/C20H29N5OS.HI/c1-16(2)15-26-18-5-3-17(4-6-18)7-8-22-19(21)24-10-12-25(13-11-24)20-23-9-14-27-20;/h3-6,9,14,16H,7-8,10-13,15H2,1-2H3,(H2,21,22);1H. The monoisotopic (exact) mass is 515 g/mol. The third-order valence-corrected chi connectivity index (χ3v) is 5.31. The molecular formula is C20H30IN5OS. The molecule has 3 rings (SSSR count). The zero-order valence-electron chi connectivity index (χ0n) is 16.6. The summed E-state index contributed by atoms with van der Waals surface area (Å²) < 4.78 is 5.72. The minimum atomic E-state index is 0. The molecule has 1 aliphatic heterocycles. The lowest BCUT2D eigenvalue weighted by molar-refractivity contribution is 0.271. The van der Waals surface area contributed by atoms with Crippen LogP contribution in [0.25, 0.3) is 0 Å². The Bertz CT molecular complexity index is 713. The molecular weight excluding hydrogens is 485 g/mol. The van der Waals surface area contributed by atoms with Crippen LogP contribution < -0.4 is 15.4 Å². The average Bonchev–Trinajstić information content (AvgIpc) is 3.22. The van der Waals surface area contributed by atoms with Crippen LogP contribution in [0.3, 0.4) is 0 Å². The smallest absolute Gasteiger partial charge is 0.191 e. The lowest BCUT2D eigenvalue weighted by Gasteiger charge is -2.35. The van der Waals surface area contributed by atoms with Crippen LogP contribution in [0.15, 0.2) is 40.8 Å². The lowest BCUT2D eigenvalue weighted by Crippen LogP contribution is -2.51. The number of nitrogens with two attached hydrogens (primary N) is 1.